The highest BCUT2D eigenvalue weighted by Crippen LogP contribution is 2.38. The Labute approximate surface area is 90.8 Å². The molecule has 5 heteroatoms. The normalized spacial score (nSPS) is 26.9. The summed E-state index contributed by atoms with van der Waals surface area (Å²) in [5, 5.41) is 4.71. The zero-order valence-electron chi connectivity index (χ0n) is 8.24. The Balaban J connectivity index is 2.23. The van der Waals surface area contributed by atoms with Gasteiger partial charge < -0.3 is 5.32 Å². The maximum absolute atomic E-state index is 11.8. The number of fused-ring (bicyclic) bond motifs is 2. The zero-order valence-corrected chi connectivity index (χ0v) is 8.24. The van der Waals surface area contributed by atoms with Crippen molar-refractivity contribution in [2.24, 2.45) is 0 Å². The molecule has 1 spiro atoms. The lowest BCUT2D eigenvalue weighted by Crippen LogP contribution is -2.41. The van der Waals surface area contributed by atoms with E-state index in [-0.39, 0.29) is 12.2 Å². The Morgan fingerprint density at radius 2 is 1.88 bits per heavy atom. The van der Waals surface area contributed by atoms with Crippen LogP contribution in [0.1, 0.15) is 22.3 Å². The summed E-state index contributed by atoms with van der Waals surface area (Å²) >= 11 is 0. The Morgan fingerprint density at radius 3 is 2.56 bits per heavy atom. The topological polar surface area (TPSA) is 75.3 Å². The molecule has 1 fully saturated rings. The number of benzene rings is 1. The number of rotatable bonds is 0. The van der Waals surface area contributed by atoms with Gasteiger partial charge in [-0.1, -0.05) is 24.3 Å². The van der Waals surface area contributed by atoms with Crippen molar-refractivity contribution in [2.75, 3.05) is 0 Å². The SMILES string of the molecule is O=C1NC(=O)[C@@]2(CC(=O)c3ccccc32)N1. The predicted molar refractivity (Wildman–Crippen MR) is 53.7 cm³/mol. The van der Waals surface area contributed by atoms with E-state index in [2.05, 4.69) is 10.6 Å². The molecular weight excluding hydrogens is 208 g/mol. The molecule has 3 rings (SSSR count). The fraction of sp³-hybridized carbons (Fsp3) is 0.182. The Bertz CT molecular complexity index is 538. The van der Waals surface area contributed by atoms with Crippen LogP contribution in [0.4, 0.5) is 4.79 Å². The standard InChI is InChI=1S/C11H8N2O3/c14-8-5-11(9(15)12-10(16)13-11)7-4-2-1-3-6(7)8/h1-4H,5H2,(H2,12,13,15,16)/t11-/m0/s1. The number of Topliss-reactive ketones (excluding diaryl/α,β-unsaturated/α-hetero) is 1. The summed E-state index contributed by atoms with van der Waals surface area (Å²) in [4.78, 5) is 34.7. The second-order valence-corrected chi connectivity index (χ2v) is 3.96. The van der Waals surface area contributed by atoms with Gasteiger partial charge in [-0.25, -0.2) is 4.79 Å². The van der Waals surface area contributed by atoms with E-state index in [1.54, 1.807) is 24.3 Å². The van der Waals surface area contributed by atoms with E-state index in [9.17, 15) is 14.4 Å². The number of carbonyl (C=O) groups is 3. The van der Waals surface area contributed by atoms with Gasteiger partial charge >= 0.3 is 6.03 Å². The highest BCUT2D eigenvalue weighted by atomic mass is 16.2. The lowest BCUT2D eigenvalue weighted by Gasteiger charge is -2.19. The highest BCUT2D eigenvalue weighted by Gasteiger charge is 2.54. The van der Waals surface area contributed by atoms with Gasteiger partial charge in [-0.05, 0) is 5.56 Å². The molecule has 3 amide bonds. The first kappa shape index (κ1) is 9.08. The average molecular weight is 216 g/mol. The molecule has 2 aliphatic rings. The average Bonchev–Trinajstić information content (AvgIpc) is 2.69. The van der Waals surface area contributed by atoms with Crippen molar-refractivity contribution in [1.82, 2.24) is 10.6 Å². The molecule has 1 aromatic rings. The van der Waals surface area contributed by atoms with Crippen LogP contribution in [-0.2, 0) is 10.3 Å². The summed E-state index contributed by atoms with van der Waals surface area (Å²) in [6.07, 6.45) is 0.00389. The van der Waals surface area contributed by atoms with Crippen LogP contribution in [0, 0.1) is 0 Å². The number of ketones is 1. The first-order chi connectivity index (χ1) is 7.63. The van der Waals surface area contributed by atoms with Gasteiger partial charge in [0.15, 0.2) is 11.3 Å². The van der Waals surface area contributed by atoms with Crippen LogP contribution in [-0.4, -0.2) is 17.7 Å². The second-order valence-electron chi connectivity index (χ2n) is 3.96. The molecular formula is C11H8N2O3. The maximum atomic E-state index is 11.8. The van der Waals surface area contributed by atoms with Crippen molar-refractivity contribution in [3.63, 3.8) is 0 Å². The van der Waals surface area contributed by atoms with Crippen LogP contribution in [0.2, 0.25) is 0 Å². The van der Waals surface area contributed by atoms with Gasteiger partial charge in [0.25, 0.3) is 5.91 Å². The summed E-state index contributed by atoms with van der Waals surface area (Å²) in [6.45, 7) is 0. The molecule has 0 radical (unpaired) electrons. The van der Waals surface area contributed by atoms with E-state index >= 15 is 0 Å². The molecule has 1 aliphatic carbocycles. The summed E-state index contributed by atoms with van der Waals surface area (Å²) in [5.41, 5.74) is -0.0756. The van der Waals surface area contributed by atoms with Crippen LogP contribution >= 0.6 is 0 Å². The molecule has 0 saturated carbocycles. The number of amides is 3. The third-order valence-corrected chi connectivity index (χ3v) is 3.05. The molecule has 2 N–H and O–H groups in total. The van der Waals surface area contributed by atoms with Gasteiger partial charge in [-0.3, -0.25) is 14.9 Å². The minimum Gasteiger partial charge on any atom is -0.319 e. The molecule has 16 heavy (non-hydrogen) atoms. The molecule has 1 saturated heterocycles. The molecule has 80 valence electrons. The number of nitrogens with one attached hydrogen (secondary N) is 2. The number of hydrogen-bond acceptors (Lipinski definition) is 3. The lowest BCUT2D eigenvalue weighted by atomic mass is 9.92. The number of carbonyl (C=O) groups excluding carboxylic acids is 3. The van der Waals surface area contributed by atoms with Crippen molar-refractivity contribution >= 4 is 17.7 Å². The monoisotopic (exact) mass is 216 g/mol. The molecule has 0 unspecified atom stereocenters. The smallest absolute Gasteiger partial charge is 0.319 e. The van der Waals surface area contributed by atoms with Crippen molar-refractivity contribution in [3.05, 3.63) is 35.4 Å². The Morgan fingerprint density at radius 1 is 1.12 bits per heavy atom. The molecule has 1 atom stereocenters. The van der Waals surface area contributed by atoms with E-state index in [4.69, 9.17) is 0 Å². The maximum Gasteiger partial charge on any atom is 0.322 e. The minimum absolute atomic E-state index is 0.00389. The Kier molecular flexibility index (Phi) is 1.53. The molecule has 0 aromatic heterocycles. The second kappa shape index (κ2) is 2.69. The van der Waals surface area contributed by atoms with Crippen LogP contribution in [0.25, 0.3) is 0 Å². The minimum atomic E-state index is -1.18. The Hall–Kier alpha value is -2.17. The van der Waals surface area contributed by atoms with Gasteiger partial charge in [0, 0.05) is 12.0 Å². The van der Waals surface area contributed by atoms with Crippen LogP contribution < -0.4 is 10.6 Å². The van der Waals surface area contributed by atoms with Gasteiger partial charge in [-0.2, -0.15) is 0 Å². The number of imide groups is 1. The summed E-state index contributed by atoms with van der Waals surface area (Å²) in [7, 11) is 0. The number of urea groups is 1. The molecule has 5 nitrogen and oxygen atoms in total. The van der Waals surface area contributed by atoms with Gasteiger partial charge in [-0.15, -0.1) is 0 Å². The highest BCUT2D eigenvalue weighted by molar-refractivity contribution is 6.15. The van der Waals surface area contributed by atoms with E-state index < -0.39 is 17.5 Å². The van der Waals surface area contributed by atoms with Gasteiger partial charge in [0.05, 0.1) is 0 Å². The van der Waals surface area contributed by atoms with Crippen LogP contribution in [0.5, 0.6) is 0 Å². The molecule has 0 bridgehead atoms. The summed E-state index contributed by atoms with van der Waals surface area (Å²) in [5.74, 6) is -0.566. The van der Waals surface area contributed by atoms with E-state index in [0.29, 0.717) is 11.1 Å². The third kappa shape index (κ3) is 0.920. The van der Waals surface area contributed by atoms with E-state index in [1.807, 2.05) is 0 Å². The van der Waals surface area contributed by atoms with Gasteiger partial charge in [0.1, 0.15) is 0 Å². The largest absolute Gasteiger partial charge is 0.322 e. The number of hydrogen-bond donors (Lipinski definition) is 2. The zero-order chi connectivity index (χ0) is 11.3. The first-order valence-corrected chi connectivity index (χ1v) is 4.90. The fourth-order valence-corrected chi connectivity index (χ4v) is 2.34. The first-order valence-electron chi connectivity index (χ1n) is 4.90. The summed E-state index contributed by atoms with van der Waals surface area (Å²) < 4.78 is 0. The third-order valence-electron chi connectivity index (χ3n) is 3.05. The van der Waals surface area contributed by atoms with Crippen LogP contribution in [0.3, 0.4) is 0 Å². The van der Waals surface area contributed by atoms with Crippen molar-refractivity contribution in [2.45, 2.75) is 12.0 Å². The molecule has 1 heterocycles. The van der Waals surface area contributed by atoms with E-state index in [0.717, 1.165) is 0 Å². The van der Waals surface area contributed by atoms with Crippen molar-refractivity contribution in [3.8, 4) is 0 Å². The van der Waals surface area contributed by atoms with Gasteiger partial charge in [0.2, 0.25) is 0 Å². The fourth-order valence-electron chi connectivity index (χ4n) is 2.34. The quantitative estimate of drug-likeness (QED) is 0.613. The summed E-state index contributed by atoms with van der Waals surface area (Å²) in [6, 6.07) is 6.31. The molecule has 1 aliphatic heterocycles. The predicted octanol–water partition coefficient (Wildman–Crippen LogP) is 0.308. The van der Waals surface area contributed by atoms with Crippen LogP contribution in [0.15, 0.2) is 24.3 Å². The van der Waals surface area contributed by atoms with Crippen molar-refractivity contribution < 1.29 is 14.4 Å². The van der Waals surface area contributed by atoms with Crippen molar-refractivity contribution in [1.29, 1.82) is 0 Å². The molecule has 1 aromatic carbocycles. The van der Waals surface area contributed by atoms with E-state index in [1.165, 1.54) is 0 Å². The lowest BCUT2D eigenvalue weighted by molar-refractivity contribution is -0.124.